The summed E-state index contributed by atoms with van der Waals surface area (Å²) in [7, 11) is 0. The Balaban J connectivity index is 2.27. The molecule has 2 heterocycles. The standard InChI is InChI=1S/C18H20N4O/c1-4-8-22-13(2)9-15(14(22)3)10-16(11-19)18(23)21-17-6-5-7-20-12-17/h5-7,9-10,12H,4,8H2,1-3H3,(H,21,23)/b16-10+. The lowest BCUT2D eigenvalue weighted by atomic mass is 10.1. The summed E-state index contributed by atoms with van der Waals surface area (Å²) in [4.78, 5) is 16.2. The average molecular weight is 308 g/mol. The third-order valence-electron chi connectivity index (χ3n) is 3.64. The molecule has 0 unspecified atom stereocenters. The Morgan fingerprint density at radius 1 is 1.48 bits per heavy atom. The second-order valence-electron chi connectivity index (χ2n) is 5.34. The summed E-state index contributed by atoms with van der Waals surface area (Å²) in [6.07, 6.45) is 5.84. The van der Waals surface area contributed by atoms with Gasteiger partial charge in [-0.1, -0.05) is 6.92 Å². The molecular weight excluding hydrogens is 288 g/mol. The second-order valence-corrected chi connectivity index (χ2v) is 5.34. The number of nitriles is 1. The van der Waals surface area contributed by atoms with Crippen molar-refractivity contribution in [2.24, 2.45) is 0 Å². The van der Waals surface area contributed by atoms with Crippen molar-refractivity contribution in [2.45, 2.75) is 33.7 Å². The van der Waals surface area contributed by atoms with Gasteiger partial charge in [0.15, 0.2) is 0 Å². The lowest BCUT2D eigenvalue weighted by Crippen LogP contribution is -2.13. The van der Waals surface area contributed by atoms with E-state index in [0.29, 0.717) is 5.69 Å². The van der Waals surface area contributed by atoms with Crippen LogP contribution >= 0.6 is 0 Å². The summed E-state index contributed by atoms with van der Waals surface area (Å²) >= 11 is 0. The molecule has 0 radical (unpaired) electrons. The molecule has 1 amide bonds. The van der Waals surface area contributed by atoms with E-state index in [1.54, 1.807) is 30.6 Å². The number of carbonyl (C=O) groups is 1. The maximum Gasteiger partial charge on any atom is 0.266 e. The van der Waals surface area contributed by atoms with Crippen LogP contribution in [0.25, 0.3) is 6.08 Å². The van der Waals surface area contributed by atoms with Gasteiger partial charge in [0.05, 0.1) is 11.9 Å². The fraction of sp³-hybridized carbons (Fsp3) is 0.278. The van der Waals surface area contributed by atoms with Crippen molar-refractivity contribution in [1.82, 2.24) is 9.55 Å². The zero-order valence-electron chi connectivity index (χ0n) is 13.6. The van der Waals surface area contributed by atoms with Crippen LogP contribution in [0.1, 0.15) is 30.3 Å². The Kier molecular flexibility index (Phi) is 5.32. The van der Waals surface area contributed by atoms with Gasteiger partial charge in [-0.15, -0.1) is 0 Å². The number of carbonyl (C=O) groups excluding carboxylic acids is 1. The zero-order chi connectivity index (χ0) is 16.8. The molecule has 0 aliphatic rings. The van der Waals surface area contributed by atoms with Crippen LogP contribution in [-0.2, 0) is 11.3 Å². The number of anilines is 1. The molecule has 1 N–H and O–H groups in total. The number of hydrogen-bond acceptors (Lipinski definition) is 3. The molecule has 0 aromatic carbocycles. The fourth-order valence-electron chi connectivity index (χ4n) is 2.48. The lowest BCUT2D eigenvalue weighted by molar-refractivity contribution is -0.112. The molecule has 0 aliphatic heterocycles. The fourth-order valence-corrected chi connectivity index (χ4v) is 2.48. The first-order chi connectivity index (χ1) is 11.1. The van der Waals surface area contributed by atoms with Gasteiger partial charge < -0.3 is 9.88 Å². The third-order valence-corrected chi connectivity index (χ3v) is 3.64. The highest BCUT2D eigenvalue weighted by molar-refractivity contribution is 6.09. The van der Waals surface area contributed by atoms with Crippen LogP contribution in [0.15, 0.2) is 36.2 Å². The van der Waals surface area contributed by atoms with Crippen LogP contribution in [-0.4, -0.2) is 15.5 Å². The third kappa shape index (κ3) is 3.86. The normalized spacial score (nSPS) is 11.1. The van der Waals surface area contributed by atoms with Crippen LogP contribution in [0.3, 0.4) is 0 Å². The Morgan fingerprint density at radius 3 is 2.87 bits per heavy atom. The highest BCUT2D eigenvalue weighted by Gasteiger charge is 2.13. The molecule has 0 atom stereocenters. The molecule has 118 valence electrons. The minimum atomic E-state index is -0.430. The molecule has 0 bridgehead atoms. The smallest absolute Gasteiger partial charge is 0.266 e. The van der Waals surface area contributed by atoms with E-state index in [4.69, 9.17) is 0 Å². The van der Waals surface area contributed by atoms with Crippen molar-refractivity contribution in [2.75, 3.05) is 5.32 Å². The van der Waals surface area contributed by atoms with Gasteiger partial charge in [-0.2, -0.15) is 5.26 Å². The quantitative estimate of drug-likeness (QED) is 0.679. The molecular formula is C18H20N4O. The van der Waals surface area contributed by atoms with Crippen molar-refractivity contribution in [3.05, 3.63) is 53.1 Å². The SMILES string of the molecule is CCCn1c(C)cc(/C=C(\C#N)C(=O)Nc2cccnc2)c1C. The predicted octanol–water partition coefficient (Wildman–Crippen LogP) is 3.46. The Bertz CT molecular complexity index is 766. The summed E-state index contributed by atoms with van der Waals surface area (Å²) in [6.45, 7) is 7.08. The van der Waals surface area contributed by atoms with Gasteiger partial charge in [-0.05, 0) is 50.1 Å². The van der Waals surface area contributed by atoms with E-state index in [9.17, 15) is 10.1 Å². The molecule has 0 aliphatic carbocycles. The minimum Gasteiger partial charge on any atom is -0.349 e. The Morgan fingerprint density at radius 2 is 2.26 bits per heavy atom. The lowest BCUT2D eigenvalue weighted by Gasteiger charge is -2.07. The predicted molar refractivity (Wildman–Crippen MR) is 90.7 cm³/mol. The van der Waals surface area contributed by atoms with Gasteiger partial charge >= 0.3 is 0 Å². The average Bonchev–Trinajstić information content (AvgIpc) is 2.81. The number of amides is 1. The van der Waals surface area contributed by atoms with E-state index >= 15 is 0 Å². The largest absolute Gasteiger partial charge is 0.349 e. The van der Waals surface area contributed by atoms with Crippen LogP contribution in [0, 0.1) is 25.2 Å². The van der Waals surface area contributed by atoms with Crippen LogP contribution in [0.5, 0.6) is 0 Å². The first kappa shape index (κ1) is 16.5. The number of pyridine rings is 1. The molecule has 0 fully saturated rings. The van der Waals surface area contributed by atoms with Crippen LogP contribution < -0.4 is 5.32 Å². The molecule has 5 nitrogen and oxygen atoms in total. The second kappa shape index (κ2) is 7.41. The highest BCUT2D eigenvalue weighted by atomic mass is 16.1. The summed E-state index contributed by atoms with van der Waals surface area (Å²) in [6, 6.07) is 7.43. The molecule has 0 spiro atoms. The minimum absolute atomic E-state index is 0.0746. The van der Waals surface area contributed by atoms with Gasteiger partial charge in [0.2, 0.25) is 0 Å². The molecule has 0 saturated heterocycles. The highest BCUT2D eigenvalue weighted by Crippen LogP contribution is 2.19. The van der Waals surface area contributed by atoms with Gasteiger partial charge in [0, 0.05) is 24.1 Å². The van der Waals surface area contributed by atoms with Crippen molar-refractivity contribution in [3.8, 4) is 6.07 Å². The van der Waals surface area contributed by atoms with Crippen molar-refractivity contribution in [3.63, 3.8) is 0 Å². The maximum atomic E-state index is 12.2. The van der Waals surface area contributed by atoms with E-state index in [-0.39, 0.29) is 5.57 Å². The topological polar surface area (TPSA) is 70.7 Å². The van der Waals surface area contributed by atoms with Crippen molar-refractivity contribution < 1.29 is 4.79 Å². The number of nitrogens with zero attached hydrogens (tertiary/aromatic N) is 3. The molecule has 23 heavy (non-hydrogen) atoms. The molecule has 2 aromatic heterocycles. The molecule has 5 heteroatoms. The first-order valence-corrected chi connectivity index (χ1v) is 7.56. The van der Waals surface area contributed by atoms with Crippen LogP contribution in [0.4, 0.5) is 5.69 Å². The van der Waals surface area contributed by atoms with E-state index in [2.05, 4.69) is 21.8 Å². The summed E-state index contributed by atoms with van der Waals surface area (Å²) < 4.78 is 2.19. The Hall–Kier alpha value is -2.87. The van der Waals surface area contributed by atoms with E-state index in [1.807, 2.05) is 26.0 Å². The number of hydrogen-bond donors (Lipinski definition) is 1. The van der Waals surface area contributed by atoms with Crippen molar-refractivity contribution in [1.29, 1.82) is 5.26 Å². The first-order valence-electron chi connectivity index (χ1n) is 7.56. The summed E-state index contributed by atoms with van der Waals surface area (Å²) in [5.41, 5.74) is 3.72. The number of aryl methyl sites for hydroxylation is 1. The van der Waals surface area contributed by atoms with Crippen LogP contribution in [0.2, 0.25) is 0 Å². The number of nitrogens with one attached hydrogen (secondary N) is 1. The summed E-state index contributed by atoms with van der Waals surface area (Å²) in [5.74, 6) is -0.430. The van der Waals surface area contributed by atoms with Gasteiger partial charge in [-0.25, -0.2) is 0 Å². The summed E-state index contributed by atoms with van der Waals surface area (Å²) in [5, 5.41) is 12.0. The molecule has 2 aromatic rings. The van der Waals surface area contributed by atoms with Gasteiger partial charge in [0.25, 0.3) is 5.91 Å². The Labute approximate surface area is 136 Å². The molecule has 0 saturated carbocycles. The van der Waals surface area contributed by atoms with Crippen molar-refractivity contribution >= 4 is 17.7 Å². The maximum absolute atomic E-state index is 12.2. The van der Waals surface area contributed by atoms with E-state index in [1.165, 1.54) is 0 Å². The monoisotopic (exact) mass is 308 g/mol. The van der Waals surface area contributed by atoms with Gasteiger partial charge in [-0.3, -0.25) is 9.78 Å². The molecule has 2 rings (SSSR count). The van der Waals surface area contributed by atoms with Gasteiger partial charge in [0.1, 0.15) is 11.6 Å². The zero-order valence-corrected chi connectivity index (χ0v) is 13.6. The number of rotatable bonds is 5. The van der Waals surface area contributed by atoms with E-state index in [0.717, 1.165) is 29.9 Å². The van der Waals surface area contributed by atoms with E-state index < -0.39 is 5.91 Å². The number of aromatic nitrogens is 2.